The van der Waals surface area contributed by atoms with Crippen molar-refractivity contribution in [3.05, 3.63) is 39.8 Å². The lowest BCUT2D eigenvalue weighted by atomic mass is 10.3. The van der Waals surface area contributed by atoms with Gasteiger partial charge in [0.1, 0.15) is 11.7 Å². The summed E-state index contributed by atoms with van der Waals surface area (Å²) < 4.78 is 5.59. The molecule has 0 saturated carbocycles. The van der Waals surface area contributed by atoms with Crippen LogP contribution in [-0.4, -0.2) is 22.3 Å². The topological polar surface area (TPSA) is 90.2 Å². The molecule has 7 heteroatoms. The second kappa shape index (κ2) is 4.44. The van der Waals surface area contributed by atoms with Crippen LogP contribution in [-0.2, 0) is 4.74 Å². The number of esters is 1. The highest BCUT2D eigenvalue weighted by atomic mass is 16.5. The van der Waals surface area contributed by atoms with Crippen molar-refractivity contribution < 1.29 is 14.0 Å². The number of ether oxygens (including phenoxy) is 1. The van der Waals surface area contributed by atoms with Crippen LogP contribution in [0, 0.1) is 17.0 Å². The fourth-order valence-corrected chi connectivity index (χ4v) is 1.66. The first-order chi connectivity index (χ1) is 8.57. The van der Waals surface area contributed by atoms with E-state index < -0.39 is 5.97 Å². The van der Waals surface area contributed by atoms with E-state index in [0.29, 0.717) is 9.16 Å². The monoisotopic (exact) mass is 249 g/mol. The van der Waals surface area contributed by atoms with Gasteiger partial charge < -0.3 is 14.7 Å². The minimum atomic E-state index is -0.831. The van der Waals surface area contributed by atoms with Crippen LogP contribution in [0.5, 0.6) is 0 Å². The summed E-state index contributed by atoms with van der Waals surface area (Å²) in [5, 5.41) is 11.9. The first kappa shape index (κ1) is 12.0. The van der Waals surface area contributed by atoms with Gasteiger partial charge >= 0.3 is 11.6 Å². The van der Waals surface area contributed by atoms with Gasteiger partial charge in [0.05, 0.1) is 12.3 Å². The van der Waals surface area contributed by atoms with Gasteiger partial charge in [0, 0.05) is 4.43 Å². The van der Waals surface area contributed by atoms with Crippen molar-refractivity contribution in [1.29, 1.82) is 0 Å². The normalized spacial score (nSPS) is 10.6. The van der Waals surface area contributed by atoms with Gasteiger partial charge in [0.15, 0.2) is 0 Å². The Bertz CT molecular complexity index is 678. The lowest BCUT2D eigenvalue weighted by Gasteiger charge is -2.16. The molecular formula is C11H11N3O4. The molecule has 0 N–H and O–H groups in total. The molecular weight excluding hydrogens is 238 g/mol. The van der Waals surface area contributed by atoms with E-state index in [1.165, 1.54) is 19.2 Å². The first-order valence-corrected chi connectivity index (χ1v) is 5.35. The predicted octanol–water partition coefficient (Wildman–Crippen LogP) is 0.782. The Kier molecular flexibility index (Phi) is 2.97. The summed E-state index contributed by atoms with van der Waals surface area (Å²) in [5.41, 5.74) is -0.346. The van der Waals surface area contributed by atoms with E-state index in [1.807, 2.05) is 0 Å². The largest absolute Gasteiger partial charge is 0.805 e. The molecule has 0 aliphatic heterocycles. The highest BCUT2D eigenvalue weighted by Gasteiger charge is 2.25. The maximum absolute atomic E-state index is 12.0. The number of fused-ring (bicyclic) bond motifs is 1. The van der Waals surface area contributed by atoms with Crippen molar-refractivity contribution in [2.24, 2.45) is 0 Å². The lowest BCUT2D eigenvalue weighted by molar-refractivity contribution is -0.472. The average Bonchev–Trinajstić information content (AvgIpc) is 2.37. The van der Waals surface area contributed by atoms with Crippen LogP contribution >= 0.6 is 0 Å². The van der Waals surface area contributed by atoms with Crippen molar-refractivity contribution in [3.63, 3.8) is 0 Å². The molecule has 2 rings (SSSR count). The van der Waals surface area contributed by atoms with Gasteiger partial charge in [-0.3, -0.25) is 0 Å². The number of nitrogens with zero attached hydrogens (tertiary/aromatic N) is 3. The van der Waals surface area contributed by atoms with Crippen molar-refractivity contribution in [3.8, 4) is 0 Å². The molecule has 0 spiro atoms. The third kappa shape index (κ3) is 1.69. The molecule has 0 saturated heterocycles. The van der Waals surface area contributed by atoms with Crippen LogP contribution in [0.2, 0.25) is 0 Å². The zero-order valence-electron chi connectivity index (χ0n) is 9.91. The van der Waals surface area contributed by atoms with Gasteiger partial charge in [-0.25, -0.2) is 4.79 Å². The summed E-state index contributed by atoms with van der Waals surface area (Å²) in [6, 6.07) is 3.01. The SMILES string of the molecule is CCOC(=O)c1c(C)n([O-])c2cccnc2[n+]1=O. The standard InChI is InChI=1S/C11H11N3O4/c1-3-18-11(15)9-7(2)13(16)8-5-4-6-12-10(8)14(9)17/h4-6H,3H2,1-2H3. The molecule has 0 aliphatic rings. The third-order valence-corrected chi connectivity index (χ3v) is 2.50. The number of rotatable bonds is 2. The van der Waals surface area contributed by atoms with Crippen LogP contribution in [0.3, 0.4) is 0 Å². The fraction of sp³-hybridized carbons (Fsp3) is 0.273. The Morgan fingerprint density at radius 3 is 3.00 bits per heavy atom. The Labute approximate surface area is 102 Å². The lowest BCUT2D eigenvalue weighted by Crippen LogP contribution is -2.32. The minimum absolute atomic E-state index is 0.0102. The van der Waals surface area contributed by atoms with Gasteiger partial charge in [-0.15, -0.1) is 0 Å². The Hall–Kier alpha value is -2.44. The van der Waals surface area contributed by atoms with Crippen LogP contribution < -0.4 is 4.43 Å². The number of hydrogen-bond acceptors (Lipinski definition) is 5. The predicted molar refractivity (Wildman–Crippen MR) is 62.6 cm³/mol. The highest BCUT2D eigenvalue weighted by Crippen LogP contribution is 2.12. The molecule has 94 valence electrons. The second-order valence-corrected chi connectivity index (χ2v) is 3.59. The molecule has 0 amide bonds. The van der Waals surface area contributed by atoms with Crippen LogP contribution in [0.4, 0.5) is 0 Å². The smallest absolute Gasteiger partial charge is 0.390 e. The van der Waals surface area contributed by atoms with Gasteiger partial charge in [-0.1, -0.05) is 4.91 Å². The zero-order chi connectivity index (χ0) is 13.3. The van der Waals surface area contributed by atoms with Crippen LogP contribution in [0.25, 0.3) is 11.2 Å². The maximum atomic E-state index is 12.0. The quantitative estimate of drug-likeness (QED) is 0.579. The number of pyridine rings is 1. The Balaban J connectivity index is 2.83. The summed E-state index contributed by atoms with van der Waals surface area (Å²) in [6.45, 7) is 3.13. The van der Waals surface area contributed by atoms with Gasteiger partial charge in [-0.05, 0) is 31.0 Å². The van der Waals surface area contributed by atoms with Gasteiger partial charge in [-0.2, -0.15) is 0 Å². The van der Waals surface area contributed by atoms with E-state index in [1.54, 1.807) is 13.0 Å². The number of aromatic nitrogens is 3. The maximum Gasteiger partial charge on any atom is 0.390 e. The molecule has 18 heavy (non-hydrogen) atoms. The zero-order valence-corrected chi connectivity index (χ0v) is 9.91. The summed E-state index contributed by atoms with van der Waals surface area (Å²) in [5.74, 6) is -0.831. The van der Waals surface area contributed by atoms with E-state index in [9.17, 15) is 14.9 Å². The fourth-order valence-electron chi connectivity index (χ4n) is 1.66. The van der Waals surface area contributed by atoms with E-state index >= 15 is 0 Å². The molecule has 7 nitrogen and oxygen atoms in total. The molecule has 2 aromatic heterocycles. The van der Waals surface area contributed by atoms with Crippen LogP contribution in [0.1, 0.15) is 23.1 Å². The number of hydrogen-bond donors (Lipinski definition) is 0. The van der Waals surface area contributed by atoms with E-state index in [4.69, 9.17) is 4.74 Å². The van der Waals surface area contributed by atoms with E-state index in [2.05, 4.69) is 4.98 Å². The van der Waals surface area contributed by atoms with E-state index in [0.717, 1.165) is 0 Å². The molecule has 0 unspecified atom stereocenters. The number of carbonyl (C=O) groups excluding carboxylic acids is 1. The molecule has 0 atom stereocenters. The highest BCUT2D eigenvalue weighted by molar-refractivity contribution is 5.88. The van der Waals surface area contributed by atoms with Crippen molar-refractivity contribution in [1.82, 2.24) is 9.71 Å². The Morgan fingerprint density at radius 2 is 2.33 bits per heavy atom. The Morgan fingerprint density at radius 1 is 1.61 bits per heavy atom. The third-order valence-electron chi connectivity index (χ3n) is 2.50. The summed E-state index contributed by atoms with van der Waals surface area (Å²) in [6.07, 6.45) is 1.38. The molecule has 2 heterocycles. The molecule has 0 bridgehead atoms. The number of carbonyl (C=O) groups is 1. The molecule has 2 aromatic rings. The summed E-state index contributed by atoms with van der Waals surface area (Å²) in [4.78, 5) is 27.5. The summed E-state index contributed by atoms with van der Waals surface area (Å²) in [7, 11) is 0. The van der Waals surface area contributed by atoms with Crippen molar-refractivity contribution >= 4 is 17.1 Å². The molecule has 0 aromatic carbocycles. The molecule has 0 fully saturated rings. The second-order valence-electron chi connectivity index (χ2n) is 3.59. The summed E-state index contributed by atoms with van der Waals surface area (Å²) >= 11 is 0. The van der Waals surface area contributed by atoms with Crippen molar-refractivity contribution in [2.75, 3.05) is 6.61 Å². The molecule has 0 aliphatic carbocycles. The first-order valence-electron chi connectivity index (χ1n) is 5.35. The molecule has 0 radical (unpaired) electrons. The van der Waals surface area contributed by atoms with Crippen LogP contribution in [0.15, 0.2) is 18.3 Å². The average molecular weight is 249 g/mol. The van der Waals surface area contributed by atoms with Gasteiger partial charge in [0.25, 0.3) is 5.69 Å². The van der Waals surface area contributed by atoms with Gasteiger partial charge in [0.2, 0.25) is 0 Å². The van der Waals surface area contributed by atoms with Crippen molar-refractivity contribution in [2.45, 2.75) is 13.8 Å². The minimum Gasteiger partial charge on any atom is -0.805 e. The van der Waals surface area contributed by atoms with E-state index in [-0.39, 0.29) is 29.2 Å².